The molecule has 0 bridgehead atoms. The monoisotopic (exact) mass is 270 g/mol. The van der Waals surface area contributed by atoms with Crippen molar-refractivity contribution in [2.75, 3.05) is 0 Å². The zero-order chi connectivity index (χ0) is 7.72. The first kappa shape index (κ1) is 8.71. The van der Waals surface area contributed by atoms with E-state index in [1.807, 2.05) is 6.08 Å². The fraction of sp³-hybridized carbons (Fsp3) is 0.667. The van der Waals surface area contributed by atoms with Crippen LogP contribution in [0.5, 0.6) is 0 Å². The first-order chi connectivity index (χ1) is 4.63. The summed E-state index contributed by atoms with van der Waals surface area (Å²) in [6.45, 7) is 0. The summed E-state index contributed by atoms with van der Waals surface area (Å²) in [4.78, 5) is -0.00148. The van der Waals surface area contributed by atoms with Crippen molar-refractivity contribution in [3.05, 3.63) is 12.2 Å². The molecule has 4 atom stereocenters. The van der Waals surface area contributed by atoms with Gasteiger partial charge in [0.05, 0.1) is 17.0 Å². The zero-order valence-corrected chi connectivity index (χ0v) is 8.29. The average Bonchev–Trinajstić information content (AvgIpc) is 1.93. The summed E-state index contributed by atoms with van der Waals surface area (Å²) < 4.78 is 0. The van der Waals surface area contributed by atoms with E-state index in [1.165, 1.54) is 0 Å². The second-order valence-corrected chi connectivity index (χ2v) is 4.37. The maximum absolute atomic E-state index is 9.24. The lowest BCUT2D eigenvalue weighted by Gasteiger charge is -2.27. The Balaban J connectivity index is 2.69. The van der Waals surface area contributed by atoms with Crippen LogP contribution in [0.25, 0.3) is 0 Å². The quantitative estimate of drug-likeness (QED) is 0.506. The van der Waals surface area contributed by atoms with Crippen LogP contribution in [0.15, 0.2) is 12.2 Å². The number of hydrogen-bond donors (Lipinski definition) is 2. The second kappa shape index (κ2) is 3.34. The minimum atomic E-state index is -0.738. The van der Waals surface area contributed by atoms with E-state index < -0.39 is 12.2 Å². The molecule has 4 heteroatoms. The molecule has 0 saturated heterocycles. The molecular weight excluding hydrogens is 264 g/mol. The molecule has 10 heavy (non-hydrogen) atoms. The molecule has 0 aromatic rings. The molecule has 0 radical (unpaired) electrons. The van der Waals surface area contributed by atoms with Gasteiger partial charge in [-0.2, -0.15) is 0 Å². The standard InChI is InChI=1S/C6H8Br2O2/c7-3-1-2-4(9)6(10)5(3)8/h1-6,9-10H/t3-,4+,5+,6+/m0/s1. The van der Waals surface area contributed by atoms with Gasteiger partial charge in [-0.25, -0.2) is 0 Å². The van der Waals surface area contributed by atoms with Crippen molar-refractivity contribution in [1.29, 1.82) is 0 Å². The maximum atomic E-state index is 9.24. The summed E-state index contributed by atoms with van der Waals surface area (Å²) in [6.07, 6.45) is 1.95. The van der Waals surface area contributed by atoms with Crippen molar-refractivity contribution in [2.24, 2.45) is 0 Å². The van der Waals surface area contributed by atoms with Gasteiger partial charge in [0.25, 0.3) is 0 Å². The predicted molar refractivity (Wildman–Crippen MR) is 46.6 cm³/mol. The third-order valence-corrected chi connectivity index (χ3v) is 4.17. The summed E-state index contributed by atoms with van der Waals surface area (Å²) >= 11 is 6.57. The lowest BCUT2D eigenvalue weighted by Crippen LogP contribution is -2.40. The second-order valence-electron chi connectivity index (χ2n) is 2.25. The largest absolute Gasteiger partial charge is 0.389 e. The van der Waals surface area contributed by atoms with Gasteiger partial charge in [-0.15, -0.1) is 0 Å². The van der Waals surface area contributed by atoms with Gasteiger partial charge in [0.15, 0.2) is 0 Å². The van der Waals surface area contributed by atoms with Gasteiger partial charge in [0.1, 0.15) is 0 Å². The highest BCUT2D eigenvalue weighted by molar-refractivity contribution is 9.12. The molecule has 0 saturated carbocycles. The van der Waals surface area contributed by atoms with Gasteiger partial charge in [-0.05, 0) is 0 Å². The molecule has 58 valence electrons. The Morgan fingerprint density at radius 2 is 1.70 bits per heavy atom. The van der Waals surface area contributed by atoms with Crippen molar-refractivity contribution < 1.29 is 10.2 Å². The fourth-order valence-corrected chi connectivity index (χ4v) is 1.79. The molecule has 0 heterocycles. The van der Waals surface area contributed by atoms with E-state index in [0.29, 0.717) is 0 Å². The normalized spacial score (nSPS) is 47.6. The molecule has 0 amide bonds. The summed E-state index contributed by atoms with van der Waals surface area (Å²) in [5.41, 5.74) is 0. The van der Waals surface area contributed by atoms with Gasteiger partial charge in [0.2, 0.25) is 0 Å². The Labute approximate surface area is 76.2 Å². The van der Waals surface area contributed by atoms with Gasteiger partial charge >= 0.3 is 0 Å². The third-order valence-electron chi connectivity index (χ3n) is 1.47. The van der Waals surface area contributed by atoms with Crippen molar-refractivity contribution in [1.82, 2.24) is 0 Å². The summed E-state index contributed by atoms with van der Waals surface area (Å²) in [6, 6.07) is 0. The number of halogens is 2. The molecule has 1 aliphatic rings. The number of alkyl halides is 2. The van der Waals surface area contributed by atoms with E-state index in [0.717, 1.165) is 0 Å². The topological polar surface area (TPSA) is 40.5 Å². The Morgan fingerprint density at radius 1 is 1.10 bits per heavy atom. The van der Waals surface area contributed by atoms with Crippen LogP contribution >= 0.6 is 31.9 Å². The molecule has 0 aromatic carbocycles. The van der Waals surface area contributed by atoms with Crippen molar-refractivity contribution >= 4 is 31.9 Å². The Kier molecular flexibility index (Phi) is 2.91. The molecular formula is C6H8Br2O2. The van der Waals surface area contributed by atoms with E-state index in [1.54, 1.807) is 6.08 Å². The highest BCUT2D eigenvalue weighted by Gasteiger charge is 2.30. The van der Waals surface area contributed by atoms with E-state index in [4.69, 9.17) is 5.11 Å². The Bertz CT molecular complexity index is 133. The first-order valence-electron chi connectivity index (χ1n) is 2.95. The molecule has 0 fully saturated rings. The molecule has 0 aliphatic heterocycles. The minimum Gasteiger partial charge on any atom is -0.389 e. The Morgan fingerprint density at radius 3 is 2.20 bits per heavy atom. The van der Waals surface area contributed by atoms with Gasteiger partial charge < -0.3 is 10.2 Å². The van der Waals surface area contributed by atoms with Crippen molar-refractivity contribution in [2.45, 2.75) is 21.9 Å². The molecule has 1 aliphatic carbocycles. The SMILES string of the molecule is O[C@H]1[C@H](Br)[C@@H](Br)C=C[C@H]1O. The lowest BCUT2D eigenvalue weighted by molar-refractivity contribution is 0.0457. The van der Waals surface area contributed by atoms with E-state index in [2.05, 4.69) is 31.9 Å². The van der Waals surface area contributed by atoms with Crippen molar-refractivity contribution in [3.63, 3.8) is 0 Å². The van der Waals surface area contributed by atoms with Gasteiger partial charge in [-0.1, -0.05) is 44.0 Å². The fourth-order valence-electron chi connectivity index (χ4n) is 0.817. The Hall–Kier alpha value is 0.620. The molecule has 2 N–H and O–H groups in total. The molecule has 0 aromatic heterocycles. The molecule has 2 nitrogen and oxygen atoms in total. The van der Waals surface area contributed by atoms with Gasteiger partial charge in [0, 0.05) is 4.83 Å². The molecule has 1 rings (SSSR count). The van der Waals surface area contributed by atoms with Crippen LogP contribution < -0.4 is 0 Å². The van der Waals surface area contributed by atoms with E-state index in [-0.39, 0.29) is 9.65 Å². The summed E-state index contributed by atoms with van der Waals surface area (Å²) in [5.74, 6) is 0. The number of aliphatic hydroxyl groups excluding tert-OH is 2. The third kappa shape index (κ3) is 1.61. The molecule has 0 spiro atoms. The number of hydrogen-bond acceptors (Lipinski definition) is 2. The van der Waals surface area contributed by atoms with E-state index in [9.17, 15) is 5.11 Å². The highest BCUT2D eigenvalue weighted by Crippen LogP contribution is 2.25. The smallest absolute Gasteiger partial charge is 0.0991 e. The zero-order valence-electron chi connectivity index (χ0n) is 5.11. The van der Waals surface area contributed by atoms with Crippen LogP contribution in [-0.4, -0.2) is 32.1 Å². The van der Waals surface area contributed by atoms with Crippen LogP contribution in [0.1, 0.15) is 0 Å². The lowest BCUT2D eigenvalue weighted by atomic mass is 10.0. The predicted octanol–water partition coefficient (Wildman–Crippen LogP) is 0.805. The van der Waals surface area contributed by atoms with Crippen LogP contribution in [0, 0.1) is 0 Å². The minimum absolute atomic E-state index is 0.103. The maximum Gasteiger partial charge on any atom is 0.0991 e. The first-order valence-corrected chi connectivity index (χ1v) is 4.78. The van der Waals surface area contributed by atoms with E-state index >= 15 is 0 Å². The average molecular weight is 272 g/mol. The van der Waals surface area contributed by atoms with Crippen LogP contribution in [0.4, 0.5) is 0 Å². The van der Waals surface area contributed by atoms with Crippen LogP contribution in [0.3, 0.4) is 0 Å². The van der Waals surface area contributed by atoms with Crippen LogP contribution in [0.2, 0.25) is 0 Å². The molecule has 0 unspecified atom stereocenters. The van der Waals surface area contributed by atoms with Crippen LogP contribution in [-0.2, 0) is 0 Å². The van der Waals surface area contributed by atoms with Gasteiger partial charge in [-0.3, -0.25) is 0 Å². The summed E-state index contributed by atoms with van der Waals surface area (Å²) in [5, 5.41) is 18.3. The number of aliphatic hydroxyl groups is 2. The van der Waals surface area contributed by atoms with Crippen molar-refractivity contribution in [3.8, 4) is 0 Å². The number of rotatable bonds is 0. The summed E-state index contributed by atoms with van der Waals surface area (Å²) in [7, 11) is 0. The highest BCUT2D eigenvalue weighted by atomic mass is 79.9. The number of allylic oxidation sites excluding steroid dienone is 1.